The van der Waals surface area contributed by atoms with Gasteiger partial charge in [-0.05, 0) is 31.2 Å². The molecule has 0 aliphatic heterocycles. The number of benzene rings is 1. The van der Waals surface area contributed by atoms with Crippen molar-refractivity contribution < 1.29 is 9.32 Å². The van der Waals surface area contributed by atoms with Crippen molar-refractivity contribution in [3.63, 3.8) is 0 Å². The lowest BCUT2D eigenvalue weighted by Gasteiger charge is -2.10. The van der Waals surface area contributed by atoms with Crippen molar-refractivity contribution in [1.82, 2.24) is 25.0 Å². The quantitative estimate of drug-likeness (QED) is 0.613. The molecule has 26 heavy (non-hydrogen) atoms. The van der Waals surface area contributed by atoms with Crippen LogP contribution in [0, 0.1) is 0 Å². The maximum absolute atomic E-state index is 12.7. The molecule has 7 heteroatoms. The second-order valence-corrected chi connectivity index (χ2v) is 6.04. The Bertz CT molecular complexity index is 1070. The second-order valence-electron chi connectivity index (χ2n) is 6.04. The van der Waals surface area contributed by atoms with Gasteiger partial charge in [-0.2, -0.15) is 4.98 Å². The fourth-order valence-electron chi connectivity index (χ4n) is 2.86. The van der Waals surface area contributed by atoms with E-state index < -0.39 is 6.04 Å². The van der Waals surface area contributed by atoms with Crippen LogP contribution in [0.25, 0.3) is 22.3 Å². The van der Waals surface area contributed by atoms with Crippen molar-refractivity contribution in [2.75, 3.05) is 0 Å². The number of nitrogens with zero attached hydrogens (tertiary/aromatic N) is 4. The van der Waals surface area contributed by atoms with Gasteiger partial charge in [0.2, 0.25) is 11.7 Å². The highest BCUT2D eigenvalue weighted by atomic mass is 16.5. The molecule has 3 heterocycles. The van der Waals surface area contributed by atoms with Crippen molar-refractivity contribution in [1.29, 1.82) is 0 Å². The third kappa shape index (κ3) is 2.83. The first-order valence-corrected chi connectivity index (χ1v) is 8.23. The standard InChI is InChI=1S/C19H17N5O2/c1-12(19-22-17(23-26-19)14-7-5-9-20-11-14)21-18(25)16-10-13-6-3-4-8-15(13)24(16)2/h3-12H,1-2H3,(H,21,25). The zero-order chi connectivity index (χ0) is 18.1. The molecule has 1 unspecified atom stereocenters. The van der Waals surface area contributed by atoms with E-state index in [2.05, 4.69) is 20.4 Å². The first-order valence-electron chi connectivity index (χ1n) is 8.23. The molecule has 1 amide bonds. The minimum Gasteiger partial charge on any atom is -0.340 e. The Morgan fingerprint density at radius 1 is 1.23 bits per heavy atom. The van der Waals surface area contributed by atoms with Crippen LogP contribution >= 0.6 is 0 Å². The van der Waals surface area contributed by atoms with Gasteiger partial charge in [0, 0.05) is 35.9 Å². The average Bonchev–Trinajstić information content (AvgIpc) is 3.28. The number of aromatic nitrogens is 4. The number of carbonyl (C=O) groups excluding carboxylic acids is 1. The first kappa shape index (κ1) is 16.0. The molecule has 1 atom stereocenters. The summed E-state index contributed by atoms with van der Waals surface area (Å²) >= 11 is 0. The van der Waals surface area contributed by atoms with Crippen molar-refractivity contribution in [3.05, 3.63) is 66.4 Å². The lowest BCUT2D eigenvalue weighted by Crippen LogP contribution is -2.28. The molecule has 0 spiro atoms. The molecule has 4 aromatic rings. The number of aryl methyl sites for hydroxylation is 1. The molecule has 0 saturated carbocycles. The van der Waals surface area contributed by atoms with Gasteiger partial charge in [-0.25, -0.2) is 0 Å². The number of amides is 1. The van der Waals surface area contributed by atoms with Crippen LogP contribution in [0.2, 0.25) is 0 Å². The second kappa shape index (κ2) is 6.44. The van der Waals surface area contributed by atoms with Gasteiger partial charge in [-0.1, -0.05) is 23.4 Å². The Hall–Kier alpha value is -3.48. The highest BCUT2D eigenvalue weighted by molar-refractivity contribution is 5.98. The third-order valence-electron chi connectivity index (χ3n) is 4.26. The molecule has 0 bridgehead atoms. The molecular formula is C19H17N5O2. The summed E-state index contributed by atoms with van der Waals surface area (Å²) in [5.74, 6) is 0.590. The van der Waals surface area contributed by atoms with E-state index in [0.29, 0.717) is 17.4 Å². The van der Waals surface area contributed by atoms with Gasteiger partial charge in [0.1, 0.15) is 11.7 Å². The Balaban J connectivity index is 1.54. The number of hydrogen-bond acceptors (Lipinski definition) is 5. The highest BCUT2D eigenvalue weighted by Crippen LogP contribution is 2.20. The molecule has 0 fully saturated rings. The van der Waals surface area contributed by atoms with E-state index in [9.17, 15) is 4.79 Å². The normalized spacial score (nSPS) is 12.2. The average molecular weight is 347 g/mol. The minimum atomic E-state index is -0.418. The van der Waals surface area contributed by atoms with Gasteiger partial charge in [0.05, 0.1) is 0 Å². The van der Waals surface area contributed by atoms with E-state index in [1.807, 2.05) is 48.0 Å². The van der Waals surface area contributed by atoms with Crippen LogP contribution in [-0.4, -0.2) is 25.6 Å². The number of carbonyl (C=O) groups is 1. The van der Waals surface area contributed by atoms with Gasteiger partial charge in [-0.15, -0.1) is 0 Å². The number of rotatable bonds is 4. The smallest absolute Gasteiger partial charge is 0.268 e. The summed E-state index contributed by atoms with van der Waals surface area (Å²) in [5.41, 5.74) is 2.33. The third-order valence-corrected chi connectivity index (χ3v) is 4.26. The van der Waals surface area contributed by atoms with E-state index in [1.54, 1.807) is 25.4 Å². The van der Waals surface area contributed by atoms with E-state index in [1.165, 1.54) is 0 Å². The molecule has 4 rings (SSSR count). The SMILES string of the molecule is CC(NC(=O)c1cc2ccccc2n1C)c1nc(-c2cccnc2)no1. The maximum atomic E-state index is 12.7. The van der Waals surface area contributed by atoms with Crippen LogP contribution in [0.5, 0.6) is 0 Å². The first-order chi connectivity index (χ1) is 12.6. The number of hydrogen-bond donors (Lipinski definition) is 1. The van der Waals surface area contributed by atoms with Crippen LogP contribution in [0.15, 0.2) is 59.4 Å². The molecular weight excluding hydrogens is 330 g/mol. The van der Waals surface area contributed by atoms with Crippen molar-refractivity contribution >= 4 is 16.8 Å². The van der Waals surface area contributed by atoms with E-state index in [4.69, 9.17) is 4.52 Å². The summed E-state index contributed by atoms with van der Waals surface area (Å²) in [4.78, 5) is 21.1. The predicted octanol–water partition coefficient (Wildman–Crippen LogP) is 3.11. The van der Waals surface area contributed by atoms with Gasteiger partial charge in [0.25, 0.3) is 5.91 Å². The lowest BCUT2D eigenvalue weighted by molar-refractivity contribution is 0.0924. The summed E-state index contributed by atoms with van der Waals surface area (Å²) in [6, 6.07) is 13.0. The summed E-state index contributed by atoms with van der Waals surface area (Å²) in [6.07, 6.45) is 3.34. The maximum Gasteiger partial charge on any atom is 0.268 e. The van der Waals surface area contributed by atoms with Gasteiger partial charge in [-0.3, -0.25) is 9.78 Å². The molecule has 7 nitrogen and oxygen atoms in total. The topological polar surface area (TPSA) is 85.8 Å². The lowest BCUT2D eigenvalue weighted by atomic mass is 10.2. The molecule has 130 valence electrons. The molecule has 0 radical (unpaired) electrons. The van der Waals surface area contributed by atoms with Crippen LogP contribution in [0.4, 0.5) is 0 Å². The van der Waals surface area contributed by atoms with Gasteiger partial charge < -0.3 is 14.4 Å². The number of para-hydroxylation sites is 1. The summed E-state index contributed by atoms with van der Waals surface area (Å²) in [7, 11) is 1.87. The van der Waals surface area contributed by atoms with E-state index >= 15 is 0 Å². The molecule has 0 aliphatic rings. The largest absolute Gasteiger partial charge is 0.340 e. The zero-order valence-electron chi connectivity index (χ0n) is 14.4. The Labute approximate surface area is 149 Å². The Morgan fingerprint density at radius 3 is 2.85 bits per heavy atom. The Kier molecular flexibility index (Phi) is 3.96. The number of nitrogens with one attached hydrogen (secondary N) is 1. The number of fused-ring (bicyclic) bond motifs is 1. The van der Waals surface area contributed by atoms with Crippen LogP contribution in [-0.2, 0) is 7.05 Å². The molecule has 0 aliphatic carbocycles. The van der Waals surface area contributed by atoms with Crippen LogP contribution < -0.4 is 5.32 Å². The van der Waals surface area contributed by atoms with Gasteiger partial charge in [0.15, 0.2) is 0 Å². The fraction of sp³-hybridized carbons (Fsp3) is 0.158. The molecule has 1 N–H and O–H groups in total. The van der Waals surface area contributed by atoms with Crippen molar-refractivity contribution in [3.8, 4) is 11.4 Å². The molecule has 3 aromatic heterocycles. The summed E-state index contributed by atoms with van der Waals surface area (Å²) in [6.45, 7) is 1.81. The van der Waals surface area contributed by atoms with Crippen molar-refractivity contribution in [2.24, 2.45) is 7.05 Å². The van der Waals surface area contributed by atoms with Crippen LogP contribution in [0.1, 0.15) is 29.3 Å². The predicted molar refractivity (Wildman–Crippen MR) is 96.3 cm³/mol. The number of pyridine rings is 1. The van der Waals surface area contributed by atoms with Gasteiger partial charge >= 0.3 is 0 Å². The monoisotopic (exact) mass is 347 g/mol. The van der Waals surface area contributed by atoms with E-state index in [-0.39, 0.29) is 5.91 Å². The summed E-state index contributed by atoms with van der Waals surface area (Å²) < 4.78 is 7.16. The zero-order valence-corrected chi connectivity index (χ0v) is 14.4. The highest BCUT2D eigenvalue weighted by Gasteiger charge is 2.20. The molecule has 1 aromatic carbocycles. The van der Waals surface area contributed by atoms with Crippen LogP contribution in [0.3, 0.4) is 0 Å². The minimum absolute atomic E-state index is 0.197. The molecule has 0 saturated heterocycles. The Morgan fingerprint density at radius 2 is 2.08 bits per heavy atom. The van der Waals surface area contributed by atoms with E-state index in [0.717, 1.165) is 16.5 Å². The summed E-state index contributed by atoms with van der Waals surface area (Å²) in [5, 5.41) is 7.88. The fourth-order valence-corrected chi connectivity index (χ4v) is 2.86. The van der Waals surface area contributed by atoms with Crippen molar-refractivity contribution in [2.45, 2.75) is 13.0 Å².